The van der Waals surface area contributed by atoms with Gasteiger partial charge in [0.1, 0.15) is 11.6 Å². The molecule has 3 aliphatic rings. The van der Waals surface area contributed by atoms with E-state index in [4.69, 9.17) is 9.72 Å². The first-order chi connectivity index (χ1) is 16.1. The van der Waals surface area contributed by atoms with Crippen molar-refractivity contribution in [2.75, 3.05) is 26.7 Å². The Hall–Kier alpha value is -2.60. The lowest BCUT2D eigenvalue weighted by molar-refractivity contribution is -0.130. The van der Waals surface area contributed by atoms with Gasteiger partial charge in [-0.05, 0) is 77.9 Å². The van der Waals surface area contributed by atoms with Crippen LogP contribution >= 0.6 is 0 Å². The van der Waals surface area contributed by atoms with Gasteiger partial charge in [-0.3, -0.25) is 4.79 Å². The Kier molecular flexibility index (Phi) is 5.63. The molecule has 2 fully saturated rings. The molecule has 1 spiro atoms. The summed E-state index contributed by atoms with van der Waals surface area (Å²) in [6.45, 7) is 11.1. The molecule has 0 saturated carbocycles. The fourth-order valence-electron chi connectivity index (χ4n) is 6.17. The number of allylic oxidation sites excluding steroid dienone is 1. The Labute approximate surface area is 203 Å². The predicted octanol–water partition coefficient (Wildman–Crippen LogP) is 4.77. The normalized spacial score (nSPS) is 23.6. The van der Waals surface area contributed by atoms with E-state index in [0.717, 1.165) is 49.2 Å². The van der Waals surface area contributed by atoms with Gasteiger partial charge in [0, 0.05) is 50.0 Å². The summed E-state index contributed by atoms with van der Waals surface area (Å²) in [5, 5.41) is 0. The van der Waals surface area contributed by atoms with E-state index in [1.165, 1.54) is 17.1 Å². The second-order valence-corrected chi connectivity index (χ2v) is 11.1. The van der Waals surface area contributed by atoms with Crippen molar-refractivity contribution >= 4 is 5.91 Å². The van der Waals surface area contributed by atoms with Crippen LogP contribution in [0.4, 0.5) is 0 Å². The molecule has 0 N–H and O–H groups in total. The van der Waals surface area contributed by atoms with Crippen LogP contribution in [-0.2, 0) is 17.4 Å². The topological polar surface area (TPSA) is 50.6 Å². The third-order valence-electron chi connectivity index (χ3n) is 8.41. The van der Waals surface area contributed by atoms with E-state index in [9.17, 15) is 4.79 Å². The number of hydrogen-bond acceptors (Lipinski definition) is 4. The van der Waals surface area contributed by atoms with E-state index in [0.29, 0.717) is 19.0 Å². The highest BCUT2D eigenvalue weighted by Crippen LogP contribution is 2.51. The number of hydrogen-bond donors (Lipinski definition) is 0. The molecule has 1 atom stereocenters. The van der Waals surface area contributed by atoms with Gasteiger partial charge in [0.15, 0.2) is 5.60 Å². The number of imidazole rings is 1. The van der Waals surface area contributed by atoms with Crippen molar-refractivity contribution in [3.8, 4) is 17.0 Å². The number of amides is 1. The molecule has 4 heterocycles. The third kappa shape index (κ3) is 3.67. The fourth-order valence-corrected chi connectivity index (χ4v) is 6.17. The van der Waals surface area contributed by atoms with Crippen LogP contribution in [0.25, 0.3) is 11.3 Å². The first-order valence-corrected chi connectivity index (χ1v) is 12.7. The number of nitrogens with zero attached hydrogens (tertiary/aromatic N) is 4. The van der Waals surface area contributed by atoms with Gasteiger partial charge in [-0.2, -0.15) is 0 Å². The minimum Gasteiger partial charge on any atom is -0.480 e. The molecule has 34 heavy (non-hydrogen) atoms. The maximum absolute atomic E-state index is 12.5. The minimum absolute atomic E-state index is 0.0869. The fraction of sp³-hybridized carbons (Fsp3) is 0.571. The van der Waals surface area contributed by atoms with Crippen molar-refractivity contribution in [1.29, 1.82) is 0 Å². The quantitative estimate of drug-likeness (QED) is 0.604. The van der Waals surface area contributed by atoms with Crippen LogP contribution in [0.15, 0.2) is 30.4 Å². The third-order valence-corrected chi connectivity index (χ3v) is 8.41. The Morgan fingerprint density at radius 2 is 1.91 bits per heavy atom. The summed E-state index contributed by atoms with van der Waals surface area (Å²) < 4.78 is 9.21. The van der Waals surface area contributed by atoms with Gasteiger partial charge in [-0.25, -0.2) is 4.98 Å². The molecule has 6 nitrogen and oxygen atoms in total. The van der Waals surface area contributed by atoms with Crippen LogP contribution in [0.1, 0.15) is 69.5 Å². The Morgan fingerprint density at radius 1 is 1.18 bits per heavy atom. The molecule has 1 aromatic carbocycles. The summed E-state index contributed by atoms with van der Waals surface area (Å²) in [5.74, 6) is 2.61. The SMILES string of the molecule is C/C=C/C(=O)N1CCC2(CC1)Oc1cc(C)ccc1-c1nc([C@@H]3CCN(C)C(C)(C)C3)n(C)c12. The first kappa shape index (κ1) is 23.2. The number of carbonyl (C=O) groups is 1. The largest absolute Gasteiger partial charge is 0.480 e. The van der Waals surface area contributed by atoms with Gasteiger partial charge in [-0.15, -0.1) is 0 Å². The van der Waals surface area contributed by atoms with Crippen molar-refractivity contribution in [2.45, 2.75) is 70.4 Å². The van der Waals surface area contributed by atoms with E-state index >= 15 is 0 Å². The molecule has 1 amide bonds. The molecule has 0 unspecified atom stereocenters. The van der Waals surface area contributed by atoms with E-state index in [-0.39, 0.29) is 11.4 Å². The zero-order valence-corrected chi connectivity index (χ0v) is 21.5. The van der Waals surface area contributed by atoms with Gasteiger partial charge >= 0.3 is 0 Å². The Bertz CT molecular complexity index is 1140. The van der Waals surface area contributed by atoms with Crippen molar-refractivity contribution in [3.05, 3.63) is 47.4 Å². The smallest absolute Gasteiger partial charge is 0.246 e. The number of piperidine rings is 2. The lowest BCUT2D eigenvalue weighted by atomic mass is 9.82. The molecule has 3 aliphatic heterocycles. The second-order valence-electron chi connectivity index (χ2n) is 11.1. The summed E-state index contributed by atoms with van der Waals surface area (Å²) in [6, 6.07) is 6.45. The Balaban J connectivity index is 1.57. The molecule has 0 radical (unpaired) electrons. The molecule has 182 valence electrons. The van der Waals surface area contributed by atoms with Gasteiger partial charge in [0.05, 0.1) is 11.4 Å². The van der Waals surface area contributed by atoms with Crippen molar-refractivity contribution in [1.82, 2.24) is 19.4 Å². The van der Waals surface area contributed by atoms with E-state index in [1.54, 1.807) is 6.08 Å². The van der Waals surface area contributed by atoms with E-state index in [2.05, 4.69) is 62.5 Å². The summed E-state index contributed by atoms with van der Waals surface area (Å²) in [7, 11) is 4.40. The average Bonchev–Trinajstić information content (AvgIpc) is 3.14. The predicted molar refractivity (Wildman–Crippen MR) is 135 cm³/mol. The summed E-state index contributed by atoms with van der Waals surface area (Å²) in [5.41, 5.74) is 4.23. The number of ether oxygens (including phenoxy) is 1. The number of carbonyl (C=O) groups excluding carboxylic acids is 1. The van der Waals surface area contributed by atoms with Gasteiger partial charge in [0.25, 0.3) is 0 Å². The highest BCUT2D eigenvalue weighted by Gasteiger charge is 2.48. The van der Waals surface area contributed by atoms with Crippen LogP contribution in [0.5, 0.6) is 5.75 Å². The number of rotatable bonds is 2. The number of aryl methyl sites for hydroxylation is 1. The number of aromatic nitrogens is 2. The minimum atomic E-state index is -0.455. The molecule has 5 rings (SSSR count). The highest BCUT2D eigenvalue weighted by atomic mass is 16.5. The maximum Gasteiger partial charge on any atom is 0.246 e. The highest BCUT2D eigenvalue weighted by molar-refractivity contribution is 5.87. The number of fused-ring (bicyclic) bond motifs is 4. The summed E-state index contributed by atoms with van der Waals surface area (Å²) >= 11 is 0. The molecular formula is C28H38N4O2. The molecule has 0 aliphatic carbocycles. The zero-order valence-electron chi connectivity index (χ0n) is 21.5. The zero-order chi connectivity index (χ0) is 24.3. The van der Waals surface area contributed by atoms with Crippen molar-refractivity contribution in [2.24, 2.45) is 7.05 Å². The van der Waals surface area contributed by atoms with Crippen LogP contribution in [0, 0.1) is 6.92 Å². The maximum atomic E-state index is 12.5. The molecular weight excluding hydrogens is 424 g/mol. The van der Waals surface area contributed by atoms with Gasteiger partial charge in [0.2, 0.25) is 5.91 Å². The molecule has 0 bridgehead atoms. The first-order valence-electron chi connectivity index (χ1n) is 12.7. The van der Waals surface area contributed by atoms with Crippen LogP contribution in [0.3, 0.4) is 0 Å². The van der Waals surface area contributed by atoms with Crippen LogP contribution in [0.2, 0.25) is 0 Å². The van der Waals surface area contributed by atoms with Crippen LogP contribution in [-0.4, -0.2) is 57.5 Å². The lowest BCUT2D eigenvalue weighted by Gasteiger charge is -2.45. The van der Waals surface area contributed by atoms with Gasteiger partial charge in [-0.1, -0.05) is 12.1 Å². The molecule has 2 saturated heterocycles. The molecule has 1 aromatic heterocycles. The van der Waals surface area contributed by atoms with E-state index in [1.807, 2.05) is 17.9 Å². The standard InChI is InChI=1S/C28H38N4O2/c1-7-8-23(33)32-15-12-28(13-16-32)25-24(21-10-9-19(2)17-22(21)34-28)29-26(31(25)6)20-11-14-30(5)27(3,4)18-20/h7-10,17,20H,11-16,18H2,1-6H3/b8-7+/t20-/m1/s1. The van der Waals surface area contributed by atoms with E-state index < -0.39 is 5.60 Å². The summed E-state index contributed by atoms with van der Waals surface area (Å²) in [6.07, 6.45) is 7.23. The van der Waals surface area contributed by atoms with Gasteiger partial charge < -0.3 is 19.1 Å². The average molecular weight is 463 g/mol. The summed E-state index contributed by atoms with van der Waals surface area (Å²) in [4.78, 5) is 22.2. The monoisotopic (exact) mass is 462 g/mol. The Morgan fingerprint density at radius 3 is 2.59 bits per heavy atom. The second kappa shape index (κ2) is 8.26. The number of likely N-dealkylation sites (tertiary alicyclic amines) is 2. The van der Waals surface area contributed by atoms with Crippen molar-refractivity contribution < 1.29 is 9.53 Å². The van der Waals surface area contributed by atoms with Crippen molar-refractivity contribution in [3.63, 3.8) is 0 Å². The molecule has 2 aromatic rings. The van der Waals surface area contributed by atoms with Crippen LogP contribution < -0.4 is 4.74 Å². The lowest BCUT2D eigenvalue weighted by Crippen LogP contribution is -2.49. The molecule has 6 heteroatoms. The number of benzene rings is 1.